The summed E-state index contributed by atoms with van der Waals surface area (Å²) in [6.45, 7) is 1.13. The smallest absolute Gasteiger partial charge is 0.253 e. The number of hydrogen-bond acceptors (Lipinski definition) is 2. The molecular weight excluding hydrogens is 209 g/mol. The van der Waals surface area contributed by atoms with Gasteiger partial charge in [-0.1, -0.05) is 0 Å². The molecule has 1 aliphatic rings. The van der Waals surface area contributed by atoms with Gasteiger partial charge >= 0.3 is 0 Å². The molecule has 1 amide bonds. The molecule has 2 rings (SSSR count). The highest BCUT2D eigenvalue weighted by Gasteiger charge is 2.21. The Kier molecular flexibility index (Phi) is 3.19. The normalized spacial score (nSPS) is 17.5. The Morgan fingerprint density at radius 2 is 1.81 bits per heavy atom. The molecule has 0 unspecified atom stereocenters. The zero-order chi connectivity index (χ0) is 11.5. The average molecular weight is 223 g/mol. The fraction of sp³-hybridized carbons (Fsp3) is 0.417. The van der Waals surface area contributed by atoms with E-state index in [4.69, 9.17) is 0 Å². The van der Waals surface area contributed by atoms with Crippen molar-refractivity contribution in [1.82, 2.24) is 4.90 Å². The van der Waals surface area contributed by atoms with Crippen molar-refractivity contribution >= 4 is 5.91 Å². The van der Waals surface area contributed by atoms with Crippen LogP contribution in [0.5, 0.6) is 0 Å². The van der Waals surface area contributed by atoms with Gasteiger partial charge in [-0.25, -0.2) is 4.39 Å². The average Bonchev–Trinajstić information content (AvgIpc) is 2.30. The number of aliphatic hydroxyl groups excluding tert-OH is 1. The van der Waals surface area contributed by atoms with Crippen LogP contribution in [0.3, 0.4) is 0 Å². The summed E-state index contributed by atoms with van der Waals surface area (Å²) in [6.07, 6.45) is 0.942. The second-order valence-corrected chi connectivity index (χ2v) is 4.03. The van der Waals surface area contributed by atoms with Crippen LogP contribution < -0.4 is 0 Å². The molecule has 1 saturated heterocycles. The van der Waals surface area contributed by atoms with Crippen LogP contribution in [0, 0.1) is 5.82 Å². The maximum Gasteiger partial charge on any atom is 0.253 e. The van der Waals surface area contributed by atoms with Gasteiger partial charge in [0.15, 0.2) is 0 Å². The molecule has 0 aromatic heterocycles. The van der Waals surface area contributed by atoms with Crippen molar-refractivity contribution < 1.29 is 14.3 Å². The summed E-state index contributed by atoms with van der Waals surface area (Å²) in [7, 11) is 0. The van der Waals surface area contributed by atoms with Gasteiger partial charge in [0.2, 0.25) is 0 Å². The van der Waals surface area contributed by atoms with Crippen molar-refractivity contribution in [3.63, 3.8) is 0 Å². The molecule has 0 spiro atoms. The molecule has 1 fully saturated rings. The Bertz CT molecular complexity index is 369. The monoisotopic (exact) mass is 223 g/mol. The zero-order valence-corrected chi connectivity index (χ0v) is 8.90. The van der Waals surface area contributed by atoms with Gasteiger partial charge in [-0.3, -0.25) is 4.79 Å². The number of hydrogen-bond donors (Lipinski definition) is 1. The van der Waals surface area contributed by atoms with Gasteiger partial charge < -0.3 is 10.0 Å². The number of amides is 1. The lowest BCUT2D eigenvalue weighted by Gasteiger charge is -2.29. The number of aliphatic hydroxyl groups is 1. The number of rotatable bonds is 1. The van der Waals surface area contributed by atoms with Crippen molar-refractivity contribution in [2.75, 3.05) is 13.1 Å². The topological polar surface area (TPSA) is 40.5 Å². The van der Waals surface area contributed by atoms with Gasteiger partial charge in [0, 0.05) is 18.7 Å². The molecule has 16 heavy (non-hydrogen) atoms. The molecule has 0 aliphatic carbocycles. The van der Waals surface area contributed by atoms with Crippen LogP contribution in [0.15, 0.2) is 24.3 Å². The van der Waals surface area contributed by atoms with E-state index in [1.165, 1.54) is 24.3 Å². The van der Waals surface area contributed by atoms with E-state index in [0.29, 0.717) is 31.5 Å². The van der Waals surface area contributed by atoms with Crippen LogP contribution in [0.1, 0.15) is 23.2 Å². The Labute approximate surface area is 93.5 Å². The molecule has 3 nitrogen and oxygen atoms in total. The summed E-state index contributed by atoms with van der Waals surface area (Å²) in [5.74, 6) is -0.433. The second-order valence-electron chi connectivity index (χ2n) is 4.03. The van der Waals surface area contributed by atoms with Gasteiger partial charge in [-0.15, -0.1) is 0 Å². The minimum atomic E-state index is -0.342. The van der Waals surface area contributed by atoms with Gasteiger partial charge in [0.25, 0.3) is 5.91 Å². The van der Waals surface area contributed by atoms with Crippen molar-refractivity contribution in [3.8, 4) is 0 Å². The molecule has 0 radical (unpaired) electrons. The summed E-state index contributed by atoms with van der Waals surface area (Å²) in [4.78, 5) is 13.6. The Hall–Kier alpha value is -1.42. The number of carbonyl (C=O) groups is 1. The minimum absolute atomic E-state index is 0.0908. The summed E-state index contributed by atoms with van der Waals surface area (Å²) in [6, 6.07) is 5.55. The molecule has 0 atom stereocenters. The Morgan fingerprint density at radius 1 is 1.25 bits per heavy atom. The Balaban J connectivity index is 2.05. The number of carbonyl (C=O) groups excluding carboxylic acids is 1. The summed E-state index contributed by atoms with van der Waals surface area (Å²) < 4.78 is 12.7. The van der Waals surface area contributed by atoms with Crippen molar-refractivity contribution in [2.45, 2.75) is 18.9 Å². The van der Waals surface area contributed by atoms with Crippen LogP contribution in [0.25, 0.3) is 0 Å². The molecule has 1 N–H and O–H groups in total. The van der Waals surface area contributed by atoms with E-state index >= 15 is 0 Å². The first-order chi connectivity index (χ1) is 7.66. The standard InChI is InChI=1S/C12H14FNO2/c13-10-3-1-9(2-4-10)12(16)14-7-5-11(15)6-8-14/h1-4,11,15H,5-8H2. The SMILES string of the molecule is O=C(c1ccc(F)cc1)N1CCC(O)CC1. The largest absolute Gasteiger partial charge is 0.393 e. The summed E-state index contributed by atoms with van der Waals surface area (Å²) in [5.41, 5.74) is 0.498. The lowest BCUT2D eigenvalue weighted by Crippen LogP contribution is -2.40. The van der Waals surface area contributed by atoms with E-state index in [0.717, 1.165) is 0 Å². The van der Waals surface area contributed by atoms with E-state index in [1.807, 2.05) is 0 Å². The van der Waals surface area contributed by atoms with E-state index in [2.05, 4.69) is 0 Å². The quantitative estimate of drug-likeness (QED) is 0.782. The van der Waals surface area contributed by atoms with E-state index < -0.39 is 0 Å². The van der Waals surface area contributed by atoms with Gasteiger partial charge in [-0.05, 0) is 37.1 Å². The third-order valence-electron chi connectivity index (χ3n) is 2.84. The van der Waals surface area contributed by atoms with Crippen LogP contribution in [0.4, 0.5) is 4.39 Å². The zero-order valence-electron chi connectivity index (χ0n) is 8.90. The fourth-order valence-electron chi connectivity index (χ4n) is 1.84. The molecular formula is C12H14FNO2. The predicted molar refractivity (Wildman–Crippen MR) is 57.5 cm³/mol. The van der Waals surface area contributed by atoms with Gasteiger partial charge in [0.05, 0.1) is 6.10 Å². The first-order valence-corrected chi connectivity index (χ1v) is 5.40. The highest BCUT2D eigenvalue weighted by Crippen LogP contribution is 2.14. The fourth-order valence-corrected chi connectivity index (χ4v) is 1.84. The third kappa shape index (κ3) is 2.39. The minimum Gasteiger partial charge on any atom is -0.393 e. The molecule has 0 saturated carbocycles. The molecule has 1 aliphatic heterocycles. The lowest BCUT2D eigenvalue weighted by atomic mass is 10.1. The predicted octanol–water partition coefficient (Wildman–Crippen LogP) is 1.42. The molecule has 1 aromatic rings. The first-order valence-electron chi connectivity index (χ1n) is 5.40. The van der Waals surface area contributed by atoms with E-state index in [9.17, 15) is 14.3 Å². The summed E-state index contributed by atoms with van der Waals surface area (Å²) in [5, 5.41) is 9.33. The lowest BCUT2D eigenvalue weighted by molar-refractivity contribution is 0.0546. The van der Waals surface area contributed by atoms with E-state index in [-0.39, 0.29) is 17.8 Å². The highest BCUT2D eigenvalue weighted by molar-refractivity contribution is 5.94. The van der Waals surface area contributed by atoms with Crippen molar-refractivity contribution in [3.05, 3.63) is 35.6 Å². The van der Waals surface area contributed by atoms with Crippen LogP contribution in [0.2, 0.25) is 0 Å². The first kappa shape index (κ1) is 11.1. The van der Waals surface area contributed by atoms with Gasteiger partial charge in [-0.2, -0.15) is 0 Å². The second kappa shape index (κ2) is 4.61. The molecule has 4 heteroatoms. The van der Waals surface area contributed by atoms with Gasteiger partial charge in [0.1, 0.15) is 5.82 Å². The number of benzene rings is 1. The Morgan fingerprint density at radius 3 is 2.38 bits per heavy atom. The maximum atomic E-state index is 12.7. The third-order valence-corrected chi connectivity index (χ3v) is 2.84. The maximum absolute atomic E-state index is 12.7. The number of likely N-dealkylation sites (tertiary alicyclic amines) is 1. The molecule has 1 aromatic carbocycles. The number of halogens is 1. The number of piperidine rings is 1. The molecule has 1 heterocycles. The summed E-state index contributed by atoms with van der Waals surface area (Å²) >= 11 is 0. The van der Waals surface area contributed by atoms with Crippen molar-refractivity contribution in [1.29, 1.82) is 0 Å². The van der Waals surface area contributed by atoms with Crippen molar-refractivity contribution in [2.24, 2.45) is 0 Å². The number of nitrogens with zero attached hydrogens (tertiary/aromatic N) is 1. The van der Waals surface area contributed by atoms with Crippen LogP contribution in [-0.4, -0.2) is 35.1 Å². The highest BCUT2D eigenvalue weighted by atomic mass is 19.1. The molecule has 0 bridgehead atoms. The van der Waals surface area contributed by atoms with Crippen LogP contribution >= 0.6 is 0 Å². The van der Waals surface area contributed by atoms with Crippen LogP contribution in [-0.2, 0) is 0 Å². The molecule has 86 valence electrons. The van der Waals surface area contributed by atoms with E-state index in [1.54, 1.807) is 4.90 Å².